The molecule has 0 saturated heterocycles. The predicted molar refractivity (Wildman–Crippen MR) is 80.3 cm³/mol. The molecule has 104 valence electrons. The first-order valence-electron chi connectivity index (χ1n) is 6.22. The fourth-order valence-corrected chi connectivity index (χ4v) is 1.48. The summed E-state index contributed by atoms with van der Waals surface area (Å²) in [5.74, 6) is 0.835. The third-order valence-corrected chi connectivity index (χ3v) is 3.11. The first-order chi connectivity index (χ1) is 8.90. The highest BCUT2D eigenvalue weighted by Gasteiger charge is 2.11. The number of carbonyl (C=O) groups excluding carboxylic acids is 1. The molecule has 0 fully saturated rings. The number of nitrogens with two attached hydrogens (primary N) is 1. The van der Waals surface area contributed by atoms with Gasteiger partial charge in [0.05, 0.1) is 0 Å². The number of benzene rings is 1. The van der Waals surface area contributed by atoms with E-state index in [2.05, 4.69) is 19.2 Å². The smallest absolute Gasteiger partial charge is 0.258 e. The molecule has 0 saturated carbocycles. The van der Waals surface area contributed by atoms with E-state index in [9.17, 15) is 4.79 Å². The Morgan fingerprint density at radius 2 is 2.11 bits per heavy atom. The molecule has 5 heteroatoms. The third kappa shape index (κ3) is 5.26. The lowest BCUT2D eigenvalue weighted by molar-refractivity contribution is -0.124. The number of nitrogens with one attached hydrogen (secondary N) is 1. The van der Waals surface area contributed by atoms with Crippen LogP contribution in [0.15, 0.2) is 24.3 Å². The van der Waals surface area contributed by atoms with Gasteiger partial charge in [-0.1, -0.05) is 38.2 Å². The van der Waals surface area contributed by atoms with Crippen LogP contribution >= 0.6 is 12.2 Å². The Balaban J connectivity index is 2.50. The Bertz CT molecular complexity index is 461. The van der Waals surface area contributed by atoms with E-state index in [4.69, 9.17) is 22.7 Å². The van der Waals surface area contributed by atoms with Gasteiger partial charge in [0.15, 0.2) is 6.61 Å². The van der Waals surface area contributed by atoms with E-state index in [0.717, 1.165) is 5.56 Å². The number of carbonyl (C=O) groups is 1. The summed E-state index contributed by atoms with van der Waals surface area (Å²) in [6.07, 6.45) is 0. The SMILES string of the molecule is CC(C)C(C)NC(=O)COc1cccc(C(N)=S)c1. The van der Waals surface area contributed by atoms with Gasteiger partial charge in [-0.3, -0.25) is 4.79 Å². The van der Waals surface area contributed by atoms with Gasteiger partial charge in [-0.2, -0.15) is 0 Å². The average molecular weight is 280 g/mol. The first-order valence-corrected chi connectivity index (χ1v) is 6.63. The van der Waals surface area contributed by atoms with E-state index < -0.39 is 0 Å². The number of rotatable bonds is 6. The lowest BCUT2D eigenvalue weighted by Crippen LogP contribution is -2.38. The van der Waals surface area contributed by atoms with Gasteiger partial charge >= 0.3 is 0 Å². The van der Waals surface area contributed by atoms with Gasteiger partial charge in [-0.05, 0) is 25.0 Å². The van der Waals surface area contributed by atoms with Crippen molar-refractivity contribution >= 4 is 23.1 Å². The highest BCUT2D eigenvalue weighted by atomic mass is 32.1. The molecule has 0 aromatic heterocycles. The Hall–Kier alpha value is -1.62. The molecule has 1 amide bonds. The second-order valence-corrected chi connectivity index (χ2v) is 5.22. The minimum Gasteiger partial charge on any atom is -0.484 e. The molecule has 3 N–H and O–H groups in total. The molecule has 0 aliphatic carbocycles. The average Bonchev–Trinajstić information content (AvgIpc) is 2.36. The van der Waals surface area contributed by atoms with Crippen LogP contribution in [-0.2, 0) is 4.79 Å². The number of ether oxygens (including phenoxy) is 1. The number of thiocarbonyl (C=S) groups is 1. The molecular weight excluding hydrogens is 260 g/mol. The molecule has 0 bridgehead atoms. The topological polar surface area (TPSA) is 64.3 Å². The Labute approximate surface area is 119 Å². The van der Waals surface area contributed by atoms with Crippen molar-refractivity contribution in [3.05, 3.63) is 29.8 Å². The van der Waals surface area contributed by atoms with E-state index in [0.29, 0.717) is 16.7 Å². The standard InChI is InChI=1S/C14H20N2O2S/c1-9(2)10(3)16-13(17)8-18-12-6-4-5-11(7-12)14(15)19/h4-7,9-10H,8H2,1-3H3,(H2,15,19)(H,16,17). The molecule has 19 heavy (non-hydrogen) atoms. The van der Waals surface area contributed by atoms with Crippen LogP contribution < -0.4 is 15.8 Å². The predicted octanol–water partition coefficient (Wildman–Crippen LogP) is 1.86. The van der Waals surface area contributed by atoms with Crippen molar-refractivity contribution in [3.63, 3.8) is 0 Å². The van der Waals surface area contributed by atoms with E-state index in [1.165, 1.54) is 0 Å². The van der Waals surface area contributed by atoms with Crippen LogP contribution in [0.2, 0.25) is 0 Å². The van der Waals surface area contributed by atoms with Gasteiger partial charge in [-0.15, -0.1) is 0 Å². The van der Waals surface area contributed by atoms with Gasteiger partial charge in [0.2, 0.25) is 0 Å². The lowest BCUT2D eigenvalue weighted by Gasteiger charge is -2.17. The van der Waals surface area contributed by atoms with E-state index in [-0.39, 0.29) is 18.6 Å². The molecule has 4 nitrogen and oxygen atoms in total. The van der Waals surface area contributed by atoms with Gasteiger partial charge in [0, 0.05) is 11.6 Å². The van der Waals surface area contributed by atoms with Crippen LogP contribution in [0.5, 0.6) is 5.75 Å². The van der Waals surface area contributed by atoms with Gasteiger partial charge in [-0.25, -0.2) is 0 Å². The summed E-state index contributed by atoms with van der Waals surface area (Å²) < 4.78 is 5.41. The summed E-state index contributed by atoms with van der Waals surface area (Å²) in [5.41, 5.74) is 6.26. The Kier molecular flexibility index (Phi) is 5.76. The summed E-state index contributed by atoms with van der Waals surface area (Å²) in [6, 6.07) is 7.20. The molecule has 0 aliphatic heterocycles. The van der Waals surface area contributed by atoms with Crippen LogP contribution in [0, 0.1) is 5.92 Å². The van der Waals surface area contributed by atoms with Gasteiger partial charge < -0.3 is 15.8 Å². The summed E-state index contributed by atoms with van der Waals surface area (Å²) in [5, 5.41) is 2.87. The maximum absolute atomic E-state index is 11.7. The second kappa shape index (κ2) is 7.09. The maximum atomic E-state index is 11.7. The quantitative estimate of drug-likeness (QED) is 0.781. The highest BCUT2D eigenvalue weighted by Crippen LogP contribution is 2.13. The molecule has 1 aromatic rings. The fraction of sp³-hybridized carbons (Fsp3) is 0.429. The van der Waals surface area contributed by atoms with Crippen molar-refractivity contribution in [2.75, 3.05) is 6.61 Å². The summed E-state index contributed by atoms with van der Waals surface area (Å²) in [4.78, 5) is 12.0. The number of hydrogen-bond donors (Lipinski definition) is 2. The largest absolute Gasteiger partial charge is 0.484 e. The minimum absolute atomic E-state index is 0.0160. The second-order valence-electron chi connectivity index (χ2n) is 4.78. The minimum atomic E-state index is -0.137. The van der Waals surface area contributed by atoms with Crippen LogP contribution in [0.4, 0.5) is 0 Å². The summed E-state index contributed by atoms with van der Waals surface area (Å²) >= 11 is 4.89. The first kappa shape index (κ1) is 15.4. The van der Waals surface area contributed by atoms with Crippen LogP contribution in [-0.4, -0.2) is 23.5 Å². The van der Waals surface area contributed by atoms with Crippen molar-refractivity contribution in [2.24, 2.45) is 11.7 Å². The summed E-state index contributed by atoms with van der Waals surface area (Å²) in [7, 11) is 0. The molecule has 0 spiro atoms. The number of amides is 1. The van der Waals surface area contributed by atoms with E-state index in [1.807, 2.05) is 6.92 Å². The maximum Gasteiger partial charge on any atom is 0.258 e. The molecule has 1 aromatic carbocycles. The fourth-order valence-electron chi connectivity index (χ4n) is 1.35. The zero-order valence-electron chi connectivity index (χ0n) is 11.5. The molecular formula is C14H20N2O2S. The molecule has 0 heterocycles. The summed E-state index contributed by atoms with van der Waals surface area (Å²) in [6.45, 7) is 6.06. The molecule has 0 aliphatic rings. The van der Waals surface area contributed by atoms with Crippen LogP contribution in [0.1, 0.15) is 26.3 Å². The normalized spacial score (nSPS) is 12.0. The molecule has 1 unspecified atom stereocenters. The van der Waals surface area contributed by atoms with Crippen molar-refractivity contribution in [3.8, 4) is 5.75 Å². The van der Waals surface area contributed by atoms with Gasteiger partial charge in [0.25, 0.3) is 5.91 Å². The molecule has 1 atom stereocenters. The Morgan fingerprint density at radius 1 is 1.42 bits per heavy atom. The highest BCUT2D eigenvalue weighted by molar-refractivity contribution is 7.80. The van der Waals surface area contributed by atoms with Crippen LogP contribution in [0.3, 0.4) is 0 Å². The molecule has 1 rings (SSSR count). The molecule has 0 radical (unpaired) electrons. The van der Waals surface area contributed by atoms with E-state index >= 15 is 0 Å². The van der Waals surface area contributed by atoms with Crippen molar-refractivity contribution in [1.82, 2.24) is 5.32 Å². The van der Waals surface area contributed by atoms with Crippen LogP contribution in [0.25, 0.3) is 0 Å². The van der Waals surface area contributed by atoms with Crippen molar-refractivity contribution in [2.45, 2.75) is 26.8 Å². The van der Waals surface area contributed by atoms with Crippen molar-refractivity contribution in [1.29, 1.82) is 0 Å². The zero-order valence-corrected chi connectivity index (χ0v) is 12.3. The third-order valence-electron chi connectivity index (χ3n) is 2.88. The number of hydrogen-bond acceptors (Lipinski definition) is 3. The van der Waals surface area contributed by atoms with E-state index in [1.54, 1.807) is 24.3 Å². The van der Waals surface area contributed by atoms with Crippen molar-refractivity contribution < 1.29 is 9.53 Å². The lowest BCUT2D eigenvalue weighted by atomic mass is 10.1. The Morgan fingerprint density at radius 3 is 2.68 bits per heavy atom. The monoisotopic (exact) mass is 280 g/mol. The van der Waals surface area contributed by atoms with Gasteiger partial charge in [0.1, 0.15) is 10.7 Å². The zero-order chi connectivity index (χ0) is 14.4.